The Morgan fingerprint density at radius 3 is 2.39 bits per heavy atom. The average molecular weight is 248 g/mol. The van der Waals surface area contributed by atoms with Gasteiger partial charge in [-0.3, -0.25) is 0 Å². The molecule has 0 saturated carbocycles. The molecule has 18 heavy (non-hydrogen) atoms. The zero-order chi connectivity index (χ0) is 13.0. The highest BCUT2D eigenvalue weighted by molar-refractivity contribution is 5.80. The Morgan fingerprint density at radius 1 is 1.22 bits per heavy atom. The predicted octanol–water partition coefficient (Wildman–Crippen LogP) is 1.03. The van der Waals surface area contributed by atoms with Crippen LogP contribution in [-0.2, 0) is 4.74 Å². The number of hydrogen-bond donors (Lipinski definition) is 1. The molecular formula is C13H20N4O. The molecule has 0 aliphatic carbocycles. The van der Waals surface area contributed by atoms with Gasteiger partial charge in [-0.1, -0.05) is 0 Å². The number of rotatable bonds is 2. The fourth-order valence-corrected chi connectivity index (χ4v) is 1.79. The number of hydrogen-bond acceptors (Lipinski definition) is 3. The Bertz CT molecular complexity index is 408. The van der Waals surface area contributed by atoms with Crippen molar-refractivity contribution in [3.63, 3.8) is 0 Å². The number of anilines is 1. The minimum atomic E-state index is 0.508. The molecule has 2 rings (SSSR count). The molecule has 0 unspecified atom stereocenters. The van der Waals surface area contributed by atoms with Gasteiger partial charge in [-0.05, 0) is 24.3 Å². The van der Waals surface area contributed by atoms with Crippen LogP contribution in [0.5, 0.6) is 0 Å². The highest BCUT2D eigenvalue weighted by atomic mass is 16.5. The predicted molar refractivity (Wildman–Crippen MR) is 74.4 cm³/mol. The standard InChI is InChI=1S/C13H20N4O/c1-16(2)13(14)15-11-3-5-12(6-4-11)17-7-9-18-10-8-17/h3-6H,7-10H2,1-2H3,(H2,14,15). The van der Waals surface area contributed by atoms with Gasteiger partial charge in [-0.2, -0.15) is 0 Å². The molecule has 0 radical (unpaired) electrons. The summed E-state index contributed by atoms with van der Waals surface area (Å²) in [5, 5.41) is 0. The van der Waals surface area contributed by atoms with Crippen LogP contribution in [0.3, 0.4) is 0 Å². The lowest BCUT2D eigenvalue weighted by Crippen LogP contribution is -2.36. The van der Waals surface area contributed by atoms with Gasteiger partial charge in [0.25, 0.3) is 0 Å². The number of morpholine rings is 1. The largest absolute Gasteiger partial charge is 0.378 e. The summed E-state index contributed by atoms with van der Waals surface area (Å²) in [4.78, 5) is 8.42. The van der Waals surface area contributed by atoms with Crippen molar-refractivity contribution in [2.75, 3.05) is 45.3 Å². The fourth-order valence-electron chi connectivity index (χ4n) is 1.79. The normalized spacial score (nSPS) is 16.8. The van der Waals surface area contributed by atoms with Gasteiger partial charge in [0.05, 0.1) is 18.9 Å². The number of nitrogens with zero attached hydrogens (tertiary/aromatic N) is 3. The summed E-state index contributed by atoms with van der Waals surface area (Å²) >= 11 is 0. The summed E-state index contributed by atoms with van der Waals surface area (Å²) < 4.78 is 5.34. The van der Waals surface area contributed by atoms with Crippen LogP contribution >= 0.6 is 0 Å². The van der Waals surface area contributed by atoms with Gasteiger partial charge >= 0.3 is 0 Å². The highest BCUT2D eigenvalue weighted by Crippen LogP contribution is 2.20. The monoisotopic (exact) mass is 248 g/mol. The Balaban J connectivity index is 2.07. The first-order valence-electron chi connectivity index (χ1n) is 6.11. The number of nitrogens with two attached hydrogens (primary N) is 1. The summed E-state index contributed by atoms with van der Waals surface area (Å²) in [7, 11) is 3.75. The molecule has 98 valence electrons. The van der Waals surface area contributed by atoms with E-state index in [-0.39, 0.29) is 0 Å². The Labute approximate surface area is 108 Å². The zero-order valence-electron chi connectivity index (χ0n) is 11.0. The lowest BCUT2D eigenvalue weighted by atomic mass is 10.2. The van der Waals surface area contributed by atoms with Crippen molar-refractivity contribution < 1.29 is 4.74 Å². The van der Waals surface area contributed by atoms with E-state index in [0.29, 0.717) is 5.96 Å². The molecular weight excluding hydrogens is 228 g/mol. The number of aliphatic imine (C=N–C) groups is 1. The minimum Gasteiger partial charge on any atom is -0.378 e. The van der Waals surface area contributed by atoms with Gasteiger partial charge in [-0.25, -0.2) is 4.99 Å². The lowest BCUT2D eigenvalue weighted by Gasteiger charge is -2.28. The van der Waals surface area contributed by atoms with Crippen molar-refractivity contribution in [2.24, 2.45) is 10.7 Å². The van der Waals surface area contributed by atoms with E-state index in [1.54, 1.807) is 4.90 Å². The number of ether oxygens (including phenoxy) is 1. The first kappa shape index (κ1) is 12.7. The highest BCUT2D eigenvalue weighted by Gasteiger charge is 2.10. The smallest absolute Gasteiger partial charge is 0.195 e. The van der Waals surface area contributed by atoms with Crippen LogP contribution in [0, 0.1) is 0 Å². The van der Waals surface area contributed by atoms with Gasteiger partial charge in [0, 0.05) is 32.9 Å². The SMILES string of the molecule is CN(C)C(N)=Nc1ccc(N2CCOCC2)cc1. The number of guanidine groups is 1. The molecule has 0 spiro atoms. The van der Waals surface area contributed by atoms with Crippen LogP contribution in [-0.4, -0.2) is 51.3 Å². The van der Waals surface area contributed by atoms with Crippen molar-refractivity contribution in [2.45, 2.75) is 0 Å². The summed E-state index contributed by atoms with van der Waals surface area (Å²) in [5.74, 6) is 0.508. The molecule has 1 heterocycles. The van der Waals surface area contributed by atoms with E-state index >= 15 is 0 Å². The maximum Gasteiger partial charge on any atom is 0.195 e. The van der Waals surface area contributed by atoms with Gasteiger partial charge in [0.2, 0.25) is 0 Å². The molecule has 2 N–H and O–H groups in total. The van der Waals surface area contributed by atoms with Gasteiger partial charge in [0.1, 0.15) is 0 Å². The van der Waals surface area contributed by atoms with E-state index in [0.717, 1.165) is 32.0 Å². The molecule has 1 fully saturated rings. The van der Waals surface area contributed by atoms with Crippen molar-refractivity contribution in [1.82, 2.24) is 4.90 Å². The second kappa shape index (κ2) is 5.73. The van der Waals surface area contributed by atoms with E-state index in [1.165, 1.54) is 5.69 Å². The van der Waals surface area contributed by atoms with E-state index in [2.05, 4.69) is 22.0 Å². The summed E-state index contributed by atoms with van der Waals surface area (Å²) in [6, 6.07) is 8.13. The molecule has 0 atom stereocenters. The Hall–Kier alpha value is -1.75. The van der Waals surface area contributed by atoms with Crippen molar-refractivity contribution in [1.29, 1.82) is 0 Å². The van der Waals surface area contributed by atoms with Crippen LogP contribution in [0.4, 0.5) is 11.4 Å². The maximum atomic E-state index is 5.78. The van der Waals surface area contributed by atoms with Crippen LogP contribution in [0.25, 0.3) is 0 Å². The molecule has 1 aliphatic rings. The molecule has 5 heteroatoms. The second-order valence-electron chi connectivity index (χ2n) is 4.48. The fraction of sp³-hybridized carbons (Fsp3) is 0.462. The molecule has 1 aromatic carbocycles. The summed E-state index contributed by atoms with van der Waals surface area (Å²) in [6.07, 6.45) is 0. The number of benzene rings is 1. The average Bonchev–Trinajstić information content (AvgIpc) is 2.40. The molecule has 1 aliphatic heterocycles. The summed E-state index contributed by atoms with van der Waals surface area (Å²) in [5.41, 5.74) is 7.86. The summed E-state index contributed by atoms with van der Waals surface area (Å²) in [6.45, 7) is 3.49. The molecule has 0 bridgehead atoms. The molecule has 1 aromatic rings. The van der Waals surface area contributed by atoms with Crippen LogP contribution in [0.1, 0.15) is 0 Å². The van der Waals surface area contributed by atoms with Crippen molar-refractivity contribution in [3.8, 4) is 0 Å². The molecule has 0 amide bonds. The first-order valence-corrected chi connectivity index (χ1v) is 6.11. The van der Waals surface area contributed by atoms with Crippen LogP contribution in [0.15, 0.2) is 29.3 Å². The van der Waals surface area contributed by atoms with E-state index in [4.69, 9.17) is 10.5 Å². The Kier molecular flexibility index (Phi) is 4.04. The minimum absolute atomic E-state index is 0.508. The third-order valence-corrected chi connectivity index (χ3v) is 2.93. The van der Waals surface area contributed by atoms with E-state index < -0.39 is 0 Å². The lowest BCUT2D eigenvalue weighted by molar-refractivity contribution is 0.122. The van der Waals surface area contributed by atoms with Crippen molar-refractivity contribution >= 4 is 17.3 Å². The van der Waals surface area contributed by atoms with Crippen molar-refractivity contribution in [3.05, 3.63) is 24.3 Å². The van der Waals surface area contributed by atoms with E-state index in [1.807, 2.05) is 26.2 Å². The zero-order valence-corrected chi connectivity index (χ0v) is 11.0. The van der Waals surface area contributed by atoms with E-state index in [9.17, 15) is 0 Å². The second-order valence-corrected chi connectivity index (χ2v) is 4.48. The molecule has 0 aromatic heterocycles. The molecule has 5 nitrogen and oxygen atoms in total. The topological polar surface area (TPSA) is 54.1 Å². The van der Waals surface area contributed by atoms with Gasteiger partial charge in [-0.15, -0.1) is 0 Å². The third-order valence-electron chi connectivity index (χ3n) is 2.93. The quantitative estimate of drug-likeness (QED) is 0.627. The maximum absolute atomic E-state index is 5.78. The Morgan fingerprint density at radius 2 is 1.83 bits per heavy atom. The first-order chi connectivity index (χ1) is 8.66. The third kappa shape index (κ3) is 3.13. The van der Waals surface area contributed by atoms with Crippen LogP contribution < -0.4 is 10.6 Å². The molecule has 1 saturated heterocycles. The van der Waals surface area contributed by atoms with Gasteiger partial charge < -0.3 is 20.3 Å². The van der Waals surface area contributed by atoms with Gasteiger partial charge in [0.15, 0.2) is 5.96 Å². The van der Waals surface area contributed by atoms with Crippen LogP contribution in [0.2, 0.25) is 0 Å².